The fourth-order valence-electron chi connectivity index (χ4n) is 1.45. The standard InChI is InChI=1S/C13H17N3OS/c1-2-8-14-13-16-15-12(18-13)10-17-9-11-6-4-3-5-7-11/h3-7H,2,8-10H2,1H3,(H,14,16). The second-order valence-corrected chi connectivity index (χ2v) is 4.97. The number of nitrogens with one attached hydrogen (secondary N) is 1. The molecule has 1 aromatic heterocycles. The molecule has 0 saturated heterocycles. The summed E-state index contributed by atoms with van der Waals surface area (Å²) < 4.78 is 5.60. The van der Waals surface area contributed by atoms with Gasteiger partial charge in [0.25, 0.3) is 0 Å². The third-order valence-electron chi connectivity index (χ3n) is 2.33. The van der Waals surface area contributed by atoms with Crippen molar-refractivity contribution in [1.29, 1.82) is 0 Å². The number of rotatable bonds is 7. The Labute approximate surface area is 111 Å². The third-order valence-corrected chi connectivity index (χ3v) is 3.18. The average molecular weight is 263 g/mol. The van der Waals surface area contributed by atoms with Crippen LogP contribution in [0.4, 0.5) is 5.13 Å². The van der Waals surface area contributed by atoms with Crippen LogP contribution in [-0.2, 0) is 18.0 Å². The summed E-state index contributed by atoms with van der Waals surface area (Å²) in [6, 6.07) is 10.1. The Hall–Kier alpha value is -1.46. The molecule has 0 aliphatic rings. The van der Waals surface area contributed by atoms with E-state index in [1.54, 1.807) is 11.3 Å². The Morgan fingerprint density at radius 1 is 1.17 bits per heavy atom. The molecule has 1 aromatic carbocycles. The van der Waals surface area contributed by atoms with E-state index in [1.807, 2.05) is 30.3 Å². The second-order valence-electron chi connectivity index (χ2n) is 3.91. The van der Waals surface area contributed by atoms with Gasteiger partial charge in [0.2, 0.25) is 5.13 Å². The lowest BCUT2D eigenvalue weighted by Gasteiger charge is -2.01. The van der Waals surface area contributed by atoms with Crippen molar-refractivity contribution < 1.29 is 4.74 Å². The van der Waals surface area contributed by atoms with Crippen LogP contribution in [0.3, 0.4) is 0 Å². The van der Waals surface area contributed by atoms with Crippen LogP contribution in [0.2, 0.25) is 0 Å². The molecule has 0 saturated carbocycles. The van der Waals surface area contributed by atoms with Gasteiger partial charge >= 0.3 is 0 Å². The van der Waals surface area contributed by atoms with Gasteiger partial charge in [-0.05, 0) is 12.0 Å². The zero-order chi connectivity index (χ0) is 12.6. The molecule has 0 radical (unpaired) electrons. The molecule has 2 rings (SSSR count). The fraction of sp³-hybridized carbons (Fsp3) is 0.385. The molecule has 0 aliphatic carbocycles. The van der Waals surface area contributed by atoms with E-state index in [1.165, 1.54) is 5.56 Å². The minimum atomic E-state index is 0.514. The highest BCUT2D eigenvalue weighted by molar-refractivity contribution is 7.15. The predicted octanol–water partition coefficient (Wildman–Crippen LogP) is 3.08. The molecule has 96 valence electrons. The topological polar surface area (TPSA) is 47.0 Å². The number of hydrogen-bond donors (Lipinski definition) is 1. The summed E-state index contributed by atoms with van der Waals surface area (Å²) in [5.41, 5.74) is 1.17. The number of anilines is 1. The van der Waals surface area contributed by atoms with Crippen LogP contribution in [0, 0.1) is 0 Å². The monoisotopic (exact) mass is 263 g/mol. The molecule has 0 amide bonds. The zero-order valence-electron chi connectivity index (χ0n) is 10.4. The Morgan fingerprint density at radius 2 is 2.00 bits per heavy atom. The smallest absolute Gasteiger partial charge is 0.205 e. The molecular weight excluding hydrogens is 246 g/mol. The Morgan fingerprint density at radius 3 is 2.78 bits per heavy atom. The van der Waals surface area contributed by atoms with Gasteiger partial charge in [0.05, 0.1) is 6.61 Å². The van der Waals surface area contributed by atoms with Crippen LogP contribution in [0.15, 0.2) is 30.3 Å². The second kappa shape index (κ2) is 7.08. The van der Waals surface area contributed by atoms with E-state index in [9.17, 15) is 0 Å². The summed E-state index contributed by atoms with van der Waals surface area (Å²) in [6.45, 7) is 4.18. The van der Waals surface area contributed by atoms with E-state index in [0.717, 1.165) is 23.1 Å². The number of nitrogens with zero attached hydrogens (tertiary/aromatic N) is 2. The normalized spacial score (nSPS) is 10.5. The van der Waals surface area contributed by atoms with Gasteiger partial charge < -0.3 is 10.1 Å². The molecule has 5 heteroatoms. The average Bonchev–Trinajstić information content (AvgIpc) is 2.85. The Bertz CT molecular complexity index is 458. The maximum absolute atomic E-state index is 5.60. The van der Waals surface area contributed by atoms with Gasteiger partial charge in [-0.1, -0.05) is 48.6 Å². The van der Waals surface area contributed by atoms with Crippen molar-refractivity contribution >= 4 is 16.5 Å². The van der Waals surface area contributed by atoms with Gasteiger partial charge in [0.1, 0.15) is 11.6 Å². The first-order valence-corrected chi connectivity index (χ1v) is 6.88. The Kier molecular flexibility index (Phi) is 5.11. The quantitative estimate of drug-likeness (QED) is 0.834. The van der Waals surface area contributed by atoms with E-state index < -0.39 is 0 Å². The molecule has 1 heterocycles. The highest BCUT2D eigenvalue weighted by Crippen LogP contribution is 2.16. The van der Waals surface area contributed by atoms with E-state index in [2.05, 4.69) is 22.4 Å². The van der Waals surface area contributed by atoms with Gasteiger partial charge in [-0.2, -0.15) is 0 Å². The summed E-state index contributed by atoms with van der Waals surface area (Å²) in [7, 11) is 0. The van der Waals surface area contributed by atoms with Crippen molar-refractivity contribution in [2.24, 2.45) is 0 Å². The lowest BCUT2D eigenvalue weighted by molar-refractivity contribution is 0.106. The van der Waals surface area contributed by atoms with Crippen molar-refractivity contribution in [1.82, 2.24) is 10.2 Å². The molecule has 0 fully saturated rings. The van der Waals surface area contributed by atoms with Gasteiger partial charge in [-0.15, -0.1) is 10.2 Å². The largest absolute Gasteiger partial charge is 0.370 e. The fourth-order valence-corrected chi connectivity index (χ4v) is 2.15. The molecule has 0 unspecified atom stereocenters. The van der Waals surface area contributed by atoms with Gasteiger partial charge in [0.15, 0.2) is 0 Å². The van der Waals surface area contributed by atoms with Crippen LogP contribution in [0.25, 0.3) is 0 Å². The van der Waals surface area contributed by atoms with Crippen molar-refractivity contribution in [2.75, 3.05) is 11.9 Å². The molecule has 18 heavy (non-hydrogen) atoms. The SMILES string of the molecule is CCCNc1nnc(COCc2ccccc2)s1. The molecular formula is C13H17N3OS. The lowest BCUT2D eigenvalue weighted by atomic mass is 10.2. The molecule has 0 bridgehead atoms. The molecule has 0 spiro atoms. The third kappa shape index (κ3) is 4.09. The van der Waals surface area contributed by atoms with Crippen molar-refractivity contribution in [3.63, 3.8) is 0 Å². The first kappa shape index (κ1) is 13.0. The number of aromatic nitrogens is 2. The first-order chi connectivity index (χ1) is 8.88. The van der Waals surface area contributed by atoms with Crippen molar-refractivity contribution in [3.05, 3.63) is 40.9 Å². The van der Waals surface area contributed by atoms with Gasteiger partial charge in [-0.25, -0.2) is 0 Å². The highest BCUT2D eigenvalue weighted by Gasteiger charge is 2.03. The Balaban J connectivity index is 1.75. The van der Waals surface area contributed by atoms with Crippen LogP contribution in [0.5, 0.6) is 0 Å². The maximum atomic E-state index is 5.60. The number of ether oxygens (including phenoxy) is 1. The summed E-state index contributed by atoms with van der Waals surface area (Å²) in [4.78, 5) is 0. The summed E-state index contributed by atoms with van der Waals surface area (Å²) in [5.74, 6) is 0. The summed E-state index contributed by atoms with van der Waals surface area (Å²) in [5, 5.41) is 13.1. The maximum Gasteiger partial charge on any atom is 0.205 e. The predicted molar refractivity (Wildman–Crippen MR) is 73.6 cm³/mol. The van der Waals surface area contributed by atoms with E-state index in [0.29, 0.717) is 13.2 Å². The van der Waals surface area contributed by atoms with Crippen molar-refractivity contribution in [3.8, 4) is 0 Å². The van der Waals surface area contributed by atoms with Crippen LogP contribution < -0.4 is 5.32 Å². The molecule has 4 nitrogen and oxygen atoms in total. The van der Waals surface area contributed by atoms with Gasteiger partial charge in [-0.3, -0.25) is 0 Å². The molecule has 0 aliphatic heterocycles. The minimum Gasteiger partial charge on any atom is -0.370 e. The van der Waals surface area contributed by atoms with Crippen molar-refractivity contribution in [2.45, 2.75) is 26.6 Å². The zero-order valence-corrected chi connectivity index (χ0v) is 11.2. The first-order valence-electron chi connectivity index (χ1n) is 6.06. The van der Waals surface area contributed by atoms with Crippen LogP contribution >= 0.6 is 11.3 Å². The summed E-state index contributed by atoms with van der Waals surface area (Å²) >= 11 is 1.55. The molecule has 1 N–H and O–H groups in total. The molecule has 2 aromatic rings. The van der Waals surface area contributed by atoms with E-state index in [4.69, 9.17) is 4.74 Å². The number of benzene rings is 1. The lowest BCUT2D eigenvalue weighted by Crippen LogP contribution is -1.98. The van der Waals surface area contributed by atoms with Crippen LogP contribution in [-0.4, -0.2) is 16.7 Å². The summed E-state index contributed by atoms with van der Waals surface area (Å²) in [6.07, 6.45) is 1.08. The highest BCUT2D eigenvalue weighted by atomic mass is 32.1. The molecule has 0 atom stereocenters. The van der Waals surface area contributed by atoms with Gasteiger partial charge in [0, 0.05) is 6.54 Å². The number of hydrogen-bond acceptors (Lipinski definition) is 5. The van der Waals surface area contributed by atoms with E-state index in [-0.39, 0.29) is 0 Å². The minimum absolute atomic E-state index is 0.514. The van der Waals surface area contributed by atoms with Crippen LogP contribution in [0.1, 0.15) is 23.9 Å². The van der Waals surface area contributed by atoms with E-state index >= 15 is 0 Å².